The lowest BCUT2D eigenvalue weighted by Crippen LogP contribution is -2.48. The number of methoxy groups -OCH3 is 1. The van der Waals surface area contributed by atoms with Gasteiger partial charge in [-0.05, 0) is 30.5 Å². The van der Waals surface area contributed by atoms with Gasteiger partial charge in [-0.25, -0.2) is 0 Å². The quantitative estimate of drug-likeness (QED) is 0.728. The maximum atomic E-state index is 12.5. The second-order valence-electron chi connectivity index (χ2n) is 8.23. The highest BCUT2D eigenvalue weighted by molar-refractivity contribution is 7.15. The zero-order chi connectivity index (χ0) is 20.8. The van der Waals surface area contributed by atoms with Crippen molar-refractivity contribution in [3.05, 3.63) is 34.8 Å². The topological polar surface area (TPSA) is 70.6 Å². The lowest BCUT2D eigenvalue weighted by molar-refractivity contribution is -0.117. The van der Waals surface area contributed by atoms with Gasteiger partial charge in [0.2, 0.25) is 11.0 Å². The van der Waals surface area contributed by atoms with E-state index < -0.39 is 0 Å². The van der Waals surface area contributed by atoms with Gasteiger partial charge < -0.3 is 4.74 Å². The molecule has 1 aliphatic carbocycles. The molecule has 30 heavy (non-hydrogen) atoms. The first-order valence-corrected chi connectivity index (χ1v) is 11.7. The maximum Gasteiger partial charge on any atom is 0.240 e. The van der Waals surface area contributed by atoms with E-state index in [4.69, 9.17) is 4.74 Å². The smallest absolute Gasteiger partial charge is 0.240 e. The molecule has 2 aromatic rings. The Morgan fingerprint density at radius 2 is 1.90 bits per heavy atom. The molecule has 7 nitrogen and oxygen atoms in total. The van der Waals surface area contributed by atoms with Crippen LogP contribution in [0.2, 0.25) is 0 Å². The summed E-state index contributed by atoms with van der Waals surface area (Å²) in [4.78, 5) is 17.1. The van der Waals surface area contributed by atoms with E-state index in [0.29, 0.717) is 17.6 Å². The van der Waals surface area contributed by atoms with Crippen molar-refractivity contribution in [3.63, 3.8) is 0 Å². The largest absolute Gasteiger partial charge is 0.497 e. The van der Waals surface area contributed by atoms with Crippen LogP contribution in [0.4, 0.5) is 5.13 Å². The van der Waals surface area contributed by atoms with Gasteiger partial charge in [-0.15, -0.1) is 10.2 Å². The standard InChI is InChI=1S/C22H31N5O2S/c1-29-19-9-5-6-17(14-19)15-26-10-12-27(13-11-26)16-20(28)23-22-25-24-21(30-22)18-7-3-2-4-8-18/h5-6,9,14,18H,2-4,7-8,10-13,15-16H2,1H3,(H,23,25,28). The van der Waals surface area contributed by atoms with Gasteiger partial charge in [-0.3, -0.25) is 19.9 Å². The minimum atomic E-state index is 0.00240. The zero-order valence-electron chi connectivity index (χ0n) is 17.7. The molecule has 0 atom stereocenters. The molecule has 1 aromatic carbocycles. The predicted molar refractivity (Wildman–Crippen MR) is 119 cm³/mol. The average molecular weight is 430 g/mol. The molecule has 1 aromatic heterocycles. The number of carbonyl (C=O) groups excluding carboxylic acids is 1. The Balaban J connectivity index is 1.20. The Morgan fingerprint density at radius 1 is 1.13 bits per heavy atom. The lowest BCUT2D eigenvalue weighted by atomic mass is 9.90. The van der Waals surface area contributed by atoms with Crippen molar-refractivity contribution >= 4 is 22.4 Å². The molecule has 1 saturated carbocycles. The van der Waals surface area contributed by atoms with Crippen molar-refractivity contribution in [1.82, 2.24) is 20.0 Å². The molecule has 1 saturated heterocycles. The molecule has 0 spiro atoms. The number of anilines is 1. The van der Waals surface area contributed by atoms with E-state index in [9.17, 15) is 4.79 Å². The number of aromatic nitrogens is 2. The number of piperazine rings is 1. The first-order chi connectivity index (χ1) is 14.7. The van der Waals surface area contributed by atoms with Gasteiger partial charge >= 0.3 is 0 Å². The third-order valence-corrected chi connectivity index (χ3v) is 7.02. The van der Waals surface area contributed by atoms with Gasteiger partial charge in [0.25, 0.3) is 0 Å². The van der Waals surface area contributed by atoms with E-state index in [1.807, 2.05) is 12.1 Å². The molecule has 4 rings (SSSR count). The molecule has 0 bridgehead atoms. The highest BCUT2D eigenvalue weighted by Gasteiger charge is 2.22. The number of ether oxygens (including phenoxy) is 1. The van der Waals surface area contributed by atoms with Crippen molar-refractivity contribution in [2.75, 3.05) is 45.2 Å². The molecular weight excluding hydrogens is 398 g/mol. The second-order valence-corrected chi connectivity index (χ2v) is 9.24. The third kappa shape index (κ3) is 5.77. The maximum absolute atomic E-state index is 12.5. The monoisotopic (exact) mass is 429 g/mol. The first-order valence-electron chi connectivity index (χ1n) is 10.9. The predicted octanol–water partition coefficient (Wildman–Crippen LogP) is 3.35. The van der Waals surface area contributed by atoms with Crippen LogP contribution in [0.1, 0.15) is 48.6 Å². The van der Waals surface area contributed by atoms with Crippen molar-refractivity contribution in [2.45, 2.75) is 44.6 Å². The van der Waals surface area contributed by atoms with E-state index in [0.717, 1.165) is 43.5 Å². The SMILES string of the molecule is COc1cccc(CN2CCN(CC(=O)Nc3nnc(C4CCCCC4)s3)CC2)c1. The summed E-state index contributed by atoms with van der Waals surface area (Å²) in [5.41, 5.74) is 1.26. The minimum Gasteiger partial charge on any atom is -0.497 e. The van der Waals surface area contributed by atoms with Crippen LogP contribution in [0, 0.1) is 0 Å². The molecule has 2 heterocycles. The number of nitrogens with zero attached hydrogens (tertiary/aromatic N) is 4. The zero-order valence-corrected chi connectivity index (χ0v) is 18.5. The van der Waals surface area contributed by atoms with E-state index in [2.05, 4.69) is 37.4 Å². The number of rotatable bonds is 7. The Morgan fingerprint density at radius 3 is 2.67 bits per heavy atom. The Kier molecular flexibility index (Phi) is 7.30. The molecule has 162 valence electrons. The summed E-state index contributed by atoms with van der Waals surface area (Å²) in [5, 5.41) is 13.2. The summed E-state index contributed by atoms with van der Waals surface area (Å²) >= 11 is 1.54. The fourth-order valence-electron chi connectivity index (χ4n) is 4.30. The summed E-state index contributed by atoms with van der Waals surface area (Å²) in [6.07, 6.45) is 6.27. The van der Waals surface area contributed by atoms with Gasteiger partial charge in [0.1, 0.15) is 10.8 Å². The molecule has 8 heteroatoms. The van der Waals surface area contributed by atoms with Gasteiger partial charge in [0, 0.05) is 38.6 Å². The molecule has 2 aliphatic rings. The molecule has 1 aliphatic heterocycles. The van der Waals surface area contributed by atoms with Crippen LogP contribution in [0.5, 0.6) is 5.75 Å². The van der Waals surface area contributed by atoms with Crippen molar-refractivity contribution in [3.8, 4) is 5.75 Å². The second kappa shape index (κ2) is 10.3. The minimum absolute atomic E-state index is 0.00240. The third-order valence-electron chi connectivity index (χ3n) is 6.01. The van der Waals surface area contributed by atoms with Gasteiger partial charge in [-0.2, -0.15) is 0 Å². The van der Waals surface area contributed by atoms with E-state index >= 15 is 0 Å². The summed E-state index contributed by atoms with van der Waals surface area (Å²) in [7, 11) is 1.70. The Bertz CT molecular complexity index is 828. The molecule has 0 unspecified atom stereocenters. The van der Waals surface area contributed by atoms with E-state index in [1.165, 1.54) is 37.7 Å². The summed E-state index contributed by atoms with van der Waals surface area (Å²) in [6.45, 7) is 5.00. The number of hydrogen-bond donors (Lipinski definition) is 1. The first kappa shape index (κ1) is 21.2. The molecule has 1 N–H and O–H groups in total. The van der Waals surface area contributed by atoms with Crippen molar-refractivity contribution < 1.29 is 9.53 Å². The van der Waals surface area contributed by atoms with Crippen LogP contribution in [0.25, 0.3) is 0 Å². The summed E-state index contributed by atoms with van der Waals surface area (Å²) in [6, 6.07) is 8.22. The van der Waals surface area contributed by atoms with Crippen LogP contribution < -0.4 is 10.1 Å². The van der Waals surface area contributed by atoms with E-state index in [-0.39, 0.29) is 5.91 Å². The normalized spacial score (nSPS) is 19.0. The number of hydrogen-bond acceptors (Lipinski definition) is 7. The number of benzene rings is 1. The van der Waals surface area contributed by atoms with Crippen LogP contribution in [0.15, 0.2) is 24.3 Å². The highest BCUT2D eigenvalue weighted by Crippen LogP contribution is 2.35. The summed E-state index contributed by atoms with van der Waals surface area (Å²) < 4.78 is 5.31. The fourth-order valence-corrected chi connectivity index (χ4v) is 5.22. The molecule has 0 radical (unpaired) electrons. The van der Waals surface area contributed by atoms with Gasteiger partial charge in [0.15, 0.2) is 0 Å². The average Bonchev–Trinajstić information content (AvgIpc) is 3.24. The van der Waals surface area contributed by atoms with Crippen molar-refractivity contribution in [1.29, 1.82) is 0 Å². The Labute approximate surface area is 182 Å². The lowest BCUT2D eigenvalue weighted by Gasteiger charge is -2.34. The fraction of sp³-hybridized carbons (Fsp3) is 0.591. The van der Waals surface area contributed by atoms with Crippen molar-refractivity contribution in [2.24, 2.45) is 0 Å². The van der Waals surface area contributed by atoms with Crippen LogP contribution in [-0.4, -0.2) is 65.7 Å². The molecule has 2 fully saturated rings. The van der Waals surface area contributed by atoms with Crippen LogP contribution >= 0.6 is 11.3 Å². The van der Waals surface area contributed by atoms with Crippen LogP contribution in [-0.2, 0) is 11.3 Å². The number of nitrogens with one attached hydrogen (secondary N) is 1. The summed E-state index contributed by atoms with van der Waals surface area (Å²) in [5.74, 6) is 1.42. The number of carbonyl (C=O) groups is 1. The highest BCUT2D eigenvalue weighted by atomic mass is 32.1. The molecular formula is C22H31N5O2S. The van der Waals surface area contributed by atoms with Gasteiger partial charge in [0.05, 0.1) is 13.7 Å². The van der Waals surface area contributed by atoms with E-state index in [1.54, 1.807) is 18.4 Å². The van der Waals surface area contributed by atoms with Crippen LogP contribution in [0.3, 0.4) is 0 Å². The number of amides is 1. The van der Waals surface area contributed by atoms with Gasteiger partial charge in [-0.1, -0.05) is 42.7 Å². The molecule has 1 amide bonds. The Hall–Kier alpha value is -2.03.